The molecule has 0 unspecified atom stereocenters. The van der Waals surface area contributed by atoms with E-state index in [0.717, 1.165) is 4.31 Å². The van der Waals surface area contributed by atoms with Gasteiger partial charge in [0.15, 0.2) is 0 Å². The number of benzene rings is 1. The zero-order valence-corrected chi connectivity index (χ0v) is 13.3. The summed E-state index contributed by atoms with van der Waals surface area (Å²) in [7, 11) is -2.26. The number of rotatable bonds is 4. The van der Waals surface area contributed by atoms with E-state index in [2.05, 4.69) is 4.98 Å². The Labute approximate surface area is 129 Å². The van der Waals surface area contributed by atoms with Crippen LogP contribution in [0.1, 0.15) is 11.1 Å². The van der Waals surface area contributed by atoms with E-state index >= 15 is 0 Å². The number of sulfonamides is 1. The van der Waals surface area contributed by atoms with Crippen molar-refractivity contribution in [3.8, 4) is 0 Å². The van der Waals surface area contributed by atoms with E-state index in [1.54, 1.807) is 43.5 Å². The number of nitrogens with zero attached hydrogens (tertiary/aromatic N) is 2. The Balaban J connectivity index is 2.54. The highest BCUT2D eigenvalue weighted by atomic mass is 32.2. The predicted octanol–water partition coefficient (Wildman–Crippen LogP) is 1.85. The summed E-state index contributed by atoms with van der Waals surface area (Å²) in [5.74, 6) is 0.345. The summed E-state index contributed by atoms with van der Waals surface area (Å²) in [4.78, 5) is 4.38. The molecule has 0 aliphatic rings. The highest BCUT2D eigenvalue weighted by Gasteiger charge is 2.24. The van der Waals surface area contributed by atoms with Crippen molar-refractivity contribution in [2.75, 3.05) is 11.4 Å². The third kappa shape index (κ3) is 3.03. The van der Waals surface area contributed by atoms with Crippen molar-refractivity contribution in [3.05, 3.63) is 53.7 Å². The average Bonchev–Trinajstić information content (AvgIpc) is 2.47. The molecule has 2 rings (SSSR count). The minimum absolute atomic E-state index is 0.159. The van der Waals surface area contributed by atoms with E-state index in [0.29, 0.717) is 16.9 Å². The van der Waals surface area contributed by atoms with E-state index < -0.39 is 10.0 Å². The Hall–Kier alpha value is -1.99. The summed E-state index contributed by atoms with van der Waals surface area (Å²) in [6, 6.07) is 9.97. The Morgan fingerprint density at radius 3 is 2.57 bits per heavy atom. The molecule has 0 aliphatic heterocycles. The summed E-state index contributed by atoms with van der Waals surface area (Å²) in [5, 5.41) is 0. The molecule has 21 heavy (non-hydrogen) atoms. The van der Waals surface area contributed by atoms with Gasteiger partial charge in [-0.05, 0) is 30.7 Å². The maximum Gasteiger partial charge on any atom is 0.265 e. The highest BCUT2D eigenvalue weighted by Crippen LogP contribution is 2.23. The molecule has 0 bridgehead atoms. The topological polar surface area (TPSA) is 76.3 Å². The van der Waals surface area contributed by atoms with Gasteiger partial charge >= 0.3 is 0 Å². The minimum atomic E-state index is -3.72. The maximum atomic E-state index is 12.7. The second-order valence-corrected chi connectivity index (χ2v) is 6.88. The van der Waals surface area contributed by atoms with Gasteiger partial charge in [-0.25, -0.2) is 13.4 Å². The van der Waals surface area contributed by atoms with Crippen LogP contribution in [0.4, 0.5) is 5.82 Å². The molecule has 1 aromatic carbocycles. The number of hydrogen-bond donors (Lipinski definition) is 1. The van der Waals surface area contributed by atoms with Crippen molar-refractivity contribution in [1.82, 2.24) is 4.98 Å². The normalized spacial score (nSPS) is 11.1. The van der Waals surface area contributed by atoms with Crippen LogP contribution in [0.2, 0.25) is 0 Å². The lowest BCUT2D eigenvalue weighted by molar-refractivity contribution is 0.593. The smallest absolute Gasteiger partial charge is 0.265 e. The second-order valence-electron chi connectivity index (χ2n) is 4.50. The summed E-state index contributed by atoms with van der Waals surface area (Å²) >= 11 is 4.90. The van der Waals surface area contributed by atoms with Crippen LogP contribution >= 0.6 is 12.2 Å². The number of pyridine rings is 1. The lowest BCUT2D eigenvalue weighted by Crippen LogP contribution is -2.28. The maximum absolute atomic E-state index is 12.7. The molecule has 0 saturated heterocycles. The second kappa shape index (κ2) is 5.79. The van der Waals surface area contributed by atoms with Gasteiger partial charge in [-0.15, -0.1) is 0 Å². The molecule has 0 spiro atoms. The quantitative estimate of drug-likeness (QED) is 0.870. The predicted molar refractivity (Wildman–Crippen MR) is 86.9 cm³/mol. The van der Waals surface area contributed by atoms with Crippen molar-refractivity contribution in [1.29, 1.82) is 0 Å². The van der Waals surface area contributed by atoms with Crippen LogP contribution in [-0.2, 0) is 10.0 Å². The number of anilines is 1. The van der Waals surface area contributed by atoms with Gasteiger partial charge in [0.1, 0.15) is 10.8 Å². The summed E-state index contributed by atoms with van der Waals surface area (Å²) < 4.78 is 26.6. The molecular formula is C14H15N3O2S2. The fourth-order valence-corrected chi connectivity index (χ4v) is 3.37. The van der Waals surface area contributed by atoms with Gasteiger partial charge in [0.05, 0.1) is 4.90 Å². The Kier molecular flexibility index (Phi) is 4.24. The largest absolute Gasteiger partial charge is 0.389 e. The molecule has 7 heteroatoms. The van der Waals surface area contributed by atoms with Gasteiger partial charge in [0.25, 0.3) is 10.0 Å². The van der Waals surface area contributed by atoms with E-state index in [4.69, 9.17) is 18.0 Å². The number of aromatic nitrogens is 1. The third-order valence-corrected chi connectivity index (χ3v) is 5.22. The molecule has 0 amide bonds. The first-order valence-electron chi connectivity index (χ1n) is 6.14. The van der Waals surface area contributed by atoms with Crippen LogP contribution in [0, 0.1) is 6.92 Å². The fourth-order valence-electron chi connectivity index (χ4n) is 1.84. The lowest BCUT2D eigenvalue weighted by Gasteiger charge is -2.20. The molecule has 0 radical (unpaired) electrons. The first kappa shape index (κ1) is 15.4. The van der Waals surface area contributed by atoms with Gasteiger partial charge in [0.2, 0.25) is 0 Å². The SMILES string of the molecule is Cc1ccc(C(N)=S)cc1S(=O)(=O)N(C)c1ccccn1. The molecule has 1 heterocycles. The summed E-state index contributed by atoms with van der Waals surface area (Å²) in [6.45, 7) is 1.72. The van der Waals surface area contributed by atoms with E-state index in [1.165, 1.54) is 13.1 Å². The third-order valence-electron chi connectivity index (χ3n) is 3.08. The first-order chi connectivity index (χ1) is 9.84. The van der Waals surface area contributed by atoms with E-state index in [1.807, 2.05) is 0 Å². The number of hydrogen-bond acceptors (Lipinski definition) is 4. The van der Waals surface area contributed by atoms with Crippen LogP contribution in [0.3, 0.4) is 0 Å². The van der Waals surface area contributed by atoms with Crippen LogP contribution in [0.15, 0.2) is 47.5 Å². The molecule has 0 aliphatic carbocycles. The van der Waals surface area contributed by atoms with Gasteiger partial charge in [0, 0.05) is 18.8 Å². The molecule has 0 atom stereocenters. The van der Waals surface area contributed by atoms with E-state index in [-0.39, 0.29) is 9.88 Å². The number of aryl methyl sites for hydroxylation is 1. The van der Waals surface area contributed by atoms with Crippen molar-refractivity contribution in [2.24, 2.45) is 5.73 Å². The summed E-state index contributed by atoms with van der Waals surface area (Å²) in [6.07, 6.45) is 1.54. The number of nitrogens with two attached hydrogens (primary N) is 1. The lowest BCUT2D eigenvalue weighted by atomic mass is 10.1. The van der Waals surface area contributed by atoms with Gasteiger partial charge in [-0.1, -0.05) is 30.4 Å². The van der Waals surface area contributed by atoms with Crippen LogP contribution in [0.5, 0.6) is 0 Å². The monoisotopic (exact) mass is 321 g/mol. The molecule has 1 aromatic heterocycles. The van der Waals surface area contributed by atoms with Gasteiger partial charge in [-0.2, -0.15) is 0 Å². The summed E-state index contributed by atoms with van der Waals surface area (Å²) in [5.41, 5.74) is 6.71. The minimum Gasteiger partial charge on any atom is -0.389 e. The number of thiocarbonyl (C=S) groups is 1. The van der Waals surface area contributed by atoms with Crippen LogP contribution in [-0.4, -0.2) is 25.4 Å². The first-order valence-corrected chi connectivity index (χ1v) is 7.99. The Morgan fingerprint density at radius 2 is 2.00 bits per heavy atom. The average molecular weight is 321 g/mol. The Morgan fingerprint density at radius 1 is 1.29 bits per heavy atom. The zero-order chi connectivity index (χ0) is 15.6. The molecule has 2 aromatic rings. The Bertz CT molecular complexity index is 774. The van der Waals surface area contributed by atoms with Gasteiger partial charge < -0.3 is 5.73 Å². The van der Waals surface area contributed by atoms with E-state index in [9.17, 15) is 8.42 Å². The molecule has 0 saturated carbocycles. The van der Waals surface area contributed by atoms with Crippen LogP contribution < -0.4 is 10.0 Å². The molecule has 110 valence electrons. The van der Waals surface area contributed by atoms with Crippen molar-refractivity contribution >= 4 is 33.0 Å². The van der Waals surface area contributed by atoms with Gasteiger partial charge in [-0.3, -0.25) is 4.31 Å². The fraction of sp³-hybridized carbons (Fsp3) is 0.143. The highest BCUT2D eigenvalue weighted by molar-refractivity contribution is 7.92. The zero-order valence-electron chi connectivity index (χ0n) is 11.6. The molecule has 5 nitrogen and oxygen atoms in total. The molecular weight excluding hydrogens is 306 g/mol. The van der Waals surface area contributed by atoms with Crippen LogP contribution in [0.25, 0.3) is 0 Å². The van der Waals surface area contributed by atoms with Crippen molar-refractivity contribution in [3.63, 3.8) is 0 Å². The molecule has 0 fully saturated rings. The van der Waals surface area contributed by atoms with Crippen molar-refractivity contribution < 1.29 is 8.42 Å². The standard InChI is InChI=1S/C14H15N3O2S2/c1-10-6-7-11(14(15)20)9-12(10)21(18,19)17(2)13-5-3-4-8-16-13/h3-9H,1-2H3,(H2,15,20). The van der Waals surface area contributed by atoms with Crippen molar-refractivity contribution in [2.45, 2.75) is 11.8 Å². The molecule has 2 N–H and O–H groups in total.